The number of hydrogen-bond acceptors (Lipinski definition) is 8. The van der Waals surface area contributed by atoms with Crippen molar-refractivity contribution in [2.45, 2.75) is 137 Å². The molecule has 0 saturated carbocycles. The van der Waals surface area contributed by atoms with Gasteiger partial charge in [0.1, 0.15) is 16.7 Å². The summed E-state index contributed by atoms with van der Waals surface area (Å²) in [7, 11) is -1.78. The van der Waals surface area contributed by atoms with E-state index in [9.17, 15) is 32.8 Å². The first-order chi connectivity index (χ1) is 33.5. The zero-order valence-electron chi connectivity index (χ0n) is 42.2. The molecule has 2 aromatic heterocycles. The normalized spacial score (nSPS) is 14.7. The topological polar surface area (TPSA) is 176 Å². The number of carboxylic acids is 2. The minimum Gasteiger partial charge on any atom is -0.549 e. The van der Waals surface area contributed by atoms with Crippen LogP contribution >= 0.6 is 0 Å². The van der Waals surface area contributed by atoms with E-state index in [1.807, 2.05) is 39.8 Å². The average molecular weight is 975 g/mol. The maximum Gasteiger partial charge on any atom is 0.364 e. The van der Waals surface area contributed by atoms with Gasteiger partial charge in [-0.1, -0.05) is 91.2 Å². The Bertz CT molecular complexity index is 2740. The quantitative estimate of drug-likeness (QED) is 0.0641. The fourth-order valence-corrected chi connectivity index (χ4v) is 11.4. The van der Waals surface area contributed by atoms with Crippen molar-refractivity contribution in [3.8, 4) is 34.1 Å². The fourth-order valence-electron chi connectivity index (χ4n) is 10.3. The number of fused-ring (bicyclic) bond motifs is 8. The molecule has 12 heteroatoms. The van der Waals surface area contributed by atoms with Gasteiger partial charge in [-0.05, 0) is 147 Å². The molecule has 0 bridgehead atoms. The molecule has 70 heavy (non-hydrogen) atoms. The zero-order valence-corrected chi connectivity index (χ0v) is 43.0. The molecule has 0 radical (unpaired) electrons. The van der Waals surface area contributed by atoms with E-state index in [1.54, 1.807) is 14.2 Å². The van der Waals surface area contributed by atoms with Gasteiger partial charge in [0.05, 0.1) is 53.2 Å². The first-order valence-electron chi connectivity index (χ1n) is 24.9. The molecule has 0 fully saturated rings. The Morgan fingerprint density at radius 3 is 1.39 bits per heavy atom. The molecule has 6 aromatic rings. The number of ether oxygens (including phenoxy) is 2. The van der Waals surface area contributed by atoms with Crippen LogP contribution in [-0.4, -0.2) is 44.4 Å². The second-order valence-electron chi connectivity index (χ2n) is 19.2. The molecule has 2 aliphatic rings. The largest absolute Gasteiger partial charge is 0.549 e. The molecule has 0 saturated heterocycles. The molecule has 11 nitrogen and oxygen atoms in total. The number of aryl methyl sites for hydroxylation is 6. The first kappa shape index (κ1) is 53.5. The highest BCUT2D eigenvalue weighted by atomic mass is 32.2. The van der Waals surface area contributed by atoms with Crippen LogP contribution in [-0.2, 0) is 45.4 Å². The highest BCUT2D eigenvalue weighted by Crippen LogP contribution is 2.44. The van der Waals surface area contributed by atoms with Crippen molar-refractivity contribution in [2.75, 3.05) is 14.2 Å². The van der Waals surface area contributed by atoms with Crippen molar-refractivity contribution in [1.29, 1.82) is 0 Å². The smallest absolute Gasteiger partial charge is 0.364 e. The Balaban J connectivity index is 0.000000174. The lowest BCUT2D eigenvalue weighted by molar-refractivity contribution is -0.329. The molecule has 0 amide bonds. The number of unbranched alkanes of at least 4 members (excludes halogenated alkanes) is 2. The Hall–Kier alpha value is -5.85. The van der Waals surface area contributed by atoms with Gasteiger partial charge in [-0.15, -0.1) is 0 Å². The summed E-state index contributed by atoms with van der Waals surface area (Å²) in [6.45, 7) is 11.9. The SMILES string of the molecule is CCCCC(CC)CC(CC(CC)CCCC)(C(=O)[O-])C(C(=O)[O-])S(=O)(=O)O.COc1ccc2c(c1)CCc1cc3ccc(C)cc3[o+]c1-2.COc1ccc2c(c1)CCc1cc3ccc(C)cc3[o+]c1-2. The summed E-state index contributed by atoms with van der Waals surface area (Å²) in [6.07, 6.45) is 9.60. The zero-order chi connectivity index (χ0) is 50.8. The van der Waals surface area contributed by atoms with Crippen LogP contribution in [0.1, 0.15) is 125 Å². The number of hydrogen-bond donors (Lipinski definition) is 1. The van der Waals surface area contributed by atoms with E-state index >= 15 is 0 Å². The standard InChI is InChI=1S/C20H38O7S.2C19H17O2/c1-5-9-11-15(7-3)13-20(19(23)24,14-16(8-4)12-10-6-2)17(18(21)22)28(25,26)27;2*1-12-3-4-14-10-15-6-5-13-11-16(20-2)7-8-17(13)19(15)21-18(14)9-12/h15-17H,5-14H2,1-4H3,(H,21,22)(H,23,24)(H,25,26,27);2*3-4,7-11H,5-6H2,1-2H3/q;2*+1/p-2. The summed E-state index contributed by atoms with van der Waals surface area (Å²) in [6, 6.07) is 29.7. The lowest BCUT2D eigenvalue weighted by Crippen LogP contribution is -2.60. The van der Waals surface area contributed by atoms with Crippen LogP contribution in [0.4, 0.5) is 0 Å². The van der Waals surface area contributed by atoms with E-state index in [2.05, 4.69) is 86.6 Å². The molecular weight excluding hydrogens is 905 g/mol. The molecule has 1 N–H and O–H groups in total. The van der Waals surface area contributed by atoms with Gasteiger partial charge in [0.25, 0.3) is 10.1 Å². The van der Waals surface area contributed by atoms with Crippen molar-refractivity contribution in [3.63, 3.8) is 0 Å². The van der Waals surface area contributed by atoms with E-state index in [0.29, 0.717) is 25.7 Å². The molecule has 2 aliphatic carbocycles. The van der Waals surface area contributed by atoms with Crippen LogP contribution in [0.5, 0.6) is 11.5 Å². The van der Waals surface area contributed by atoms with E-state index in [1.165, 1.54) is 55.3 Å². The molecule has 3 atom stereocenters. The van der Waals surface area contributed by atoms with Crippen molar-refractivity contribution < 1.29 is 51.1 Å². The highest BCUT2D eigenvalue weighted by Gasteiger charge is 2.50. The van der Waals surface area contributed by atoms with Gasteiger partial charge >= 0.3 is 22.7 Å². The third kappa shape index (κ3) is 12.5. The number of aliphatic carboxylic acids is 2. The fraction of sp³-hybridized carbons (Fsp3) is 0.448. The lowest BCUT2D eigenvalue weighted by Gasteiger charge is -2.44. The molecule has 0 spiro atoms. The minimum atomic E-state index is -5.20. The van der Waals surface area contributed by atoms with Gasteiger partial charge in [0.15, 0.2) is 0 Å². The van der Waals surface area contributed by atoms with Gasteiger partial charge in [0, 0.05) is 23.5 Å². The minimum absolute atomic E-state index is 0.174. The maximum absolute atomic E-state index is 12.3. The van der Waals surface area contributed by atoms with Crippen molar-refractivity contribution >= 4 is 44.0 Å². The molecule has 2 heterocycles. The lowest BCUT2D eigenvalue weighted by atomic mass is 9.68. The van der Waals surface area contributed by atoms with Crippen LogP contribution in [0.25, 0.3) is 44.6 Å². The summed E-state index contributed by atoms with van der Waals surface area (Å²) in [5, 5.41) is 23.8. The van der Waals surface area contributed by atoms with Crippen LogP contribution in [0, 0.1) is 31.1 Å². The van der Waals surface area contributed by atoms with E-state index in [0.717, 1.165) is 85.6 Å². The van der Waals surface area contributed by atoms with Gasteiger partial charge in [-0.2, -0.15) is 8.42 Å². The monoisotopic (exact) mass is 974 g/mol. The number of carbonyl (C=O) groups excluding carboxylic acids is 2. The molecule has 8 rings (SSSR count). The Morgan fingerprint density at radius 1 is 0.629 bits per heavy atom. The number of rotatable bonds is 18. The van der Waals surface area contributed by atoms with Crippen LogP contribution in [0.15, 0.2) is 93.8 Å². The average Bonchev–Trinajstić information content (AvgIpc) is 3.34. The third-order valence-electron chi connectivity index (χ3n) is 14.3. The van der Waals surface area contributed by atoms with Crippen LogP contribution in [0.3, 0.4) is 0 Å². The molecule has 4 aromatic carbocycles. The number of benzene rings is 4. The van der Waals surface area contributed by atoms with E-state index < -0.39 is 32.7 Å². The highest BCUT2D eigenvalue weighted by molar-refractivity contribution is 7.87. The van der Waals surface area contributed by atoms with E-state index in [4.69, 9.17) is 18.3 Å². The summed E-state index contributed by atoms with van der Waals surface area (Å²) in [4.78, 5) is 24.0. The molecular formula is C58H70O11S. The summed E-state index contributed by atoms with van der Waals surface area (Å²) in [5.41, 5.74) is 9.71. The van der Waals surface area contributed by atoms with Gasteiger partial charge in [-0.25, -0.2) is 8.83 Å². The summed E-state index contributed by atoms with van der Waals surface area (Å²) in [5.74, 6) is -0.376. The molecule has 0 aliphatic heterocycles. The molecule has 3 unspecified atom stereocenters. The Kier molecular flexibility index (Phi) is 18.2. The summed E-state index contributed by atoms with van der Waals surface area (Å²) < 4.78 is 56.6. The predicted octanol–water partition coefficient (Wildman–Crippen LogP) is 11.5. The molecule has 374 valence electrons. The first-order valence-corrected chi connectivity index (χ1v) is 26.4. The second kappa shape index (κ2) is 23.8. The van der Waals surface area contributed by atoms with Gasteiger partial charge in [-0.3, -0.25) is 4.55 Å². The Morgan fingerprint density at radius 2 is 1.04 bits per heavy atom. The van der Waals surface area contributed by atoms with Gasteiger partial charge < -0.3 is 29.3 Å². The van der Waals surface area contributed by atoms with Gasteiger partial charge in [0.2, 0.25) is 0 Å². The van der Waals surface area contributed by atoms with Crippen LogP contribution in [0.2, 0.25) is 0 Å². The second-order valence-corrected chi connectivity index (χ2v) is 20.7. The predicted molar refractivity (Wildman–Crippen MR) is 273 cm³/mol. The number of carbonyl (C=O) groups is 2. The maximum atomic E-state index is 12.3. The Labute approximate surface area is 414 Å². The van der Waals surface area contributed by atoms with Crippen molar-refractivity contribution in [2.24, 2.45) is 17.3 Å². The van der Waals surface area contributed by atoms with Crippen LogP contribution < -0.4 is 19.7 Å². The van der Waals surface area contributed by atoms with Crippen molar-refractivity contribution in [1.82, 2.24) is 0 Å². The third-order valence-corrected chi connectivity index (χ3v) is 15.5. The summed E-state index contributed by atoms with van der Waals surface area (Å²) >= 11 is 0. The number of methoxy groups -OCH3 is 2. The van der Waals surface area contributed by atoms with Crippen molar-refractivity contribution in [3.05, 3.63) is 118 Å². The van der Waals surface area contributed by atoms with E-state index in [-0.39, 0.29) is 24.7 Å². The number of carboxylic acid groups (broad SMARTS) is 2.